The fourth-order valence-electron chi connectivity index (χ4n) is 2.57. The molecule has 0 spiro atoms. The summed E-state index contributed by atoms with van der Waals surface area (Å²) in [5, 5.41) is 5.85. The van der Waals surface area contributed by atoms with Crippen molar-refractivity contribution >= 4 is 46.6 Å². The fourth-order valence-corrected chi connectivity index (χ4v) is 3.96. The average Bonchev–Trinajstić information content (AvgIpc) is 2.51. The van der Waals surface area contributed by atoms with Crippen LogP contribution in [0.1, 0.15) is 17.5 Å². The summed E-state index contributed by atoms with van der Waals surface area (Å²) in [7, 11) is 0. The van der Waals surface area contributed by atoms with E-state index in [1.54, 1.807) is 18.2 Å². The van der Waals surface area contributed by atoms with Gasteiger partial charge in [-0.2, -0.15) is 0 Å². The van der Waals surface area contributed by atoms with Gasteiger partial charge in [0.25, 0.3) is 0 Å². The molecule has 2 aromatic carbocycles. The summed E-state index contributed by atoms with van der Waals surface area (Å²) in [4.78, 5) is 25.4. The lowest BCUT2D eigenvalue weighted by Gasteiger charge is -2.24. The normalized spacial score (nSPS) is 16.3. The molecule has 6 heteroatoms. The van der Waals surface area contributed by atoms with Gasteiger partial charge < -0.3 is 10.6 Å². The third kappa shape index (κ3) is 3.74. The monoisotopic (exact) mass is 360 g/mol. The van der Waals surface area contributed by atoms with Crippen molar-refractivity contribution in [1.29, 1.82) is 0 Å². The second-order valence-corrected chi connectivity index (χ2v) is 7.49. The van der Waals surface area contributed by atoms with Crippen molar-refractivity contribution in [3.63, 3.8) is 0 Å². The zero-order valence-electron chi connectivity index (χ0n) is 13.4. The van der Waals surface area contributed by atoms with E-state index in [1.807, 2.05) is 32.0 Å². The molecule has 2 N–H and O–H groups in total. The van der Waals surface area contributed by atoms with E-state index in [1.165, 1.54) is 11.8 Å². The number of halogens is 1. The first-order valence-corrected chi connectivity index (χ1v) is 8.82. The standard InChI is InChI=1S/C18H17ClN2O2S/c1-10-3-5-13(11(2)7-10)20-17(22)9-16-18(23)21-14-6-4-12(19)8-15(14)24-16/h3-8,16H,9H2,1-2H3,(H,20,22)(H,21,23). The molecule has 0 aliphatic carbocycles. The van der Waals surface area contributed by atoms with E-state index in [4.69, 9.17) is 11.6 Å². The molecular weight excluding hydrogens is 344 g/mol. The zero-order chi connectivity index (χ0) is 17.3. The van der Waals surface area contributed by atoms with Crippen LogP contribution in [0, 0.1) is 13.8 Å². The summed E-state index contributed by atoms with van der Waals surface area (Å²) in [5.74, 6) is -0.342. The first-order valence-electron chi connectivity index (χ1n) is 7.56. The molecule has 0 aromatic heterocycles. The van der Waals surface area contributed by atoms with E-state index in [0.717, 1.165) is 27.4 Å². The molecule has 1 aliphatic heterocycles. The maximum absolute atomic E-state index is 12.3. The zero-order valence-corrected chi connectivity index (χ0v) is 14.9. The number of aryl methyl sites for hydroxylation is 2. The fraction of sp³-hybridized carbons (Fsp3) is 0.222. The number of carbonyl (C=O) groups is 2. The van der Waals surface area contributed by atoms with Gasteiger partial charge in [0, 0.05) is 22.0 Å². The minimum Gasteiger partial charge on any atom is -0.326 e. The van der Waals surface area contributed by atoms with E-state index in [-0.39, 0.29) is 18.2 Å². The molecule has 0 saturated heterocycles. The molecule has 1 aliphatic rings. The Labute approximate surface area is 150 Å². The Morgan fingerprint density at radius 2 is 2.04 bits per heavy atom. The number of carbonyl (C=O) groups excluding carboxylic acids is 2. The number of anilines is 2. The van der Waals surface area contributed by atoms with Gasteiger partial charge in [-0.25, -0.2) is 0 Å². The van der Waals surface area contributed by atoms with Crippen LogP contribution in [0.2, 0.25) is 5.02 Å². The number of rotatable bonds is 3. The summed E-state index contributed by atoms with van der Waals surface area (Å²) >= 11 is 7.37. The highest BCUT2D eigenvalue weighted by Crippen LogP contribution is 2.38. The van der Waals surface area contributed by atoms with Crippen LogP contribution in [-0.2, 0) is 9.59 Å². The van der Waals surface area contributed by atoms with E-state index in [9.17, 15) is 9.59 Å². The molecule has 0 fully saturated rings. The van der Waals surface area contributed by atoms with Crippen LogP contribution in [0.3, 0.4) is 0 Å². The number of nitrogens with one attached hydrogen (secondary N) is 2. The van der Waals surface area contributed by atoms with E-state index in [2.05, 4.69) is 10.6 Å². The van der Waals surface area contributed by atoms with Crippen LogP contribution in [0.5, 0.6) is 0 Å². The van der Waals surface area contributed by atoms with E-state index >= 15 is 0 Å². The van der Waals surface area contributed by atoms with Crippen LogP contribution in [-0.4, -0.2) is 17.1 Å². The molecule has 1 atom stereocenters. The van der Waals surface area contributed by atoms with Crippen molar-refractivity contribution in [2.45, 2.75) is 30.4 Å². The Morgan fingerprint density at radius 3 is 2.79 bits per heavy atom. The van der Waals surface area contributed by atoms with Gasteiger partial charge >= 0.3 is 0 Å². The predicted molar refractivity (Wildman–Crippen MR) is 98.9 cm³/mol. The largest absolute Gasteiger partial charge is 0.326 e. The van der Waals surface area contributed by atoms with Gasteiger partial charge in [-0.15, -0.1) is 11.8 Å². The number of hydrogen-bond acceptors (Lipinski definition) is 3. The van der Waals surface area contributed by atoms with Crippen LogP contribution in [0.25, 0.3) is 0 Å². The Balaban J connectivity index is 1.69. The first-order chi connectivity index (χ1) is 11.4. The lowest BCUT2D eigenvalue weighted by atomic mass is 10.1. The molecule has 0 saturated carbocycles. The molecule has 2 amide bonds. The lowest BCUT2D eigenvalue weighted by molar-refractivity contribution is -0.120. The van der Waals surface area contributed by atoms with Gasteiger partial charge in [-0.3, -0.25) is 9.59 Å². The van der Waals surface area contributed by atoms with Crippen LogP contribution in [0.4, 0.5) is 11.4 Å². The van der Waals surface area contributed by atoms with E-state index < -0.39 is 5.25 Å². The Kier molecular flexibility index (Phi) is 4.83. The number of amides is 2. The highest BCUT2D eigenvalue weighted by atomic mass is 35.5. The van der Waals surface area contributed by atoms with Gasteiger partial charge in [0.1, 0.15) is 0 Å². The SMILES string of the molecule is Cc1ccc(NC(=O)CC2Sc3cc(Cl)ccc3NC2=O)c(C)c1. The lowest BCUT2D eigenvalue weighted by Crippen LogP contribution is -2.32. The Morgan fingerprint density at radius 1 is 1.25 bits per heavy atom. The quantitative estimate of drug-likeness (QED) is 0.853. The maximum atomic E-state index is 12.3. The van der Waals surface area contributed by atoms with Gasteiger partial charge in [0.15, 0.2) is 0 Å². The van der Waals surface area contributed by atoms with Crippen molar-refractivity contribution in [1.82, 2.24) is 0 Å². The second-order valence-electron chi connectivity index (χ2n) is 5.81. The summed E-state index contributed by atoms with van der Waals surface area (Å²) in [6, 6.07) is 11.1. The van der Waals surface area contributed by atoms with Crippen molar-refractivity contribution in [2.24, 2.45) is 0 Å². The molecule has 124 valence electrons. The average molecular weight is 361 g/mol. The van der Waals surface area contributed by atoms with Crippen LogP contribution < -0.4 is 10.6 Å². The molecular formula is C18H17ClN2O2S. The predicted octanol–water partition coefficient (Wildman–Crippen LogP) is 4.40. The highest BCUT2D eigenvalue weighted by molar-refractivity contribution is 8.01. The smallest absolute Gasteiger partial charge is 0.238 e. The third-order valence-electron chi connectivity index (χ3n) is 3.79. The Hall–Kier alpha value is -1.98. The molecule has 1 heterocycles. The van der Waals surface area contributed by atoms with Crippen molar-refractivity contribution in [3.05, 3.63) is 52.5 Å². The molecule has 1 unspecified atom stereocenters. The minimum absolute atomic E-state index is 0.107. The first kappa shape index (κ1) is 16.9. The molecule has 24 heavy (non-hydrogen) atoms. The molecule has 3 rings (SSSR count). The topological polar surface area (TPSA) is 58.2 Å². The summed E-state index contributed by atoms with van der Waals surface area (Å²) in [6.07, 6.45) is 0.107. The van der Waals surface area contributed by atoms with Crippen LogP contribution in [0.15, 0.2) is 41.3 Å². The molecule has 0 bridgehead atoms. The van der Waals surface area contributed by atoms with Gasteiger partial charge in [-0.1, -0.05) is 29.3 Å². The Bertz CT molecular complexity index is 823. The summed E-state index contributed by atoms with van der Waals surface area (Å²) < 4.78 is 0. The second kappa shape index (κ2) is 6.87. The molecule has 0 radical (unpaired) electrons. The summed E-state index contributed by atoms with van der Waals surface area (Å²) in [5.41, 5.74) is 3.65. The maximum Gasteiger partial charge on any atom is 0.238 e. The van der Waals surface area contributed by atoms with Crippen molar-refractivity contribution in [3.8, 4) is 0 Å². The van der Waals surface area contributed by atoms with Crippen molar-refractivity contribution in [2.75, 3.05) is 10.6 Å². The summed E-state index contributed by atoms with van der Waals surface area (Å²) in [6.45, 7) is 3.95. The van der Waals surface area contributed by atoms with E-state index in [0.29, 0.717) is 5.02 Å². The number of fused-ring (bicyclic) bond motifs is 1. The third-order valence-corrected chi connectivity index (χ3v) is 5.28. The number of thioether (sulfide) groups is 1. The van der Waals surface area contributed by atoms with Gasteiger partial charge in [-0.05, 0) is 43.7 Å². The minimum atomic E-state index is -0.471. The number of benzene rings is 2. The number of hydrogen-bond donors (Lipinski definition) is 2. The van der Waals surface area contributed by atoms with Crippen LogP contribution >= 0.6 is 23.4 Å². The molecule has 4 nitrogen and oxygen atoms in total. The highest BCUT2D eigenvalue weighted by Gasteiger charge is 2.29. The van der Waals surface area contributed by atoms with Gasteiger partial charge in [0.2, 0.25) is 11.8 Å². The van der Waals surface area contributed by atoms with Gasteiger partial charge in [0.05, 0.1) is 10.9 Å². The molecule has 2 aromatic rings. The van der Waals surface area contributed by atoms with Crippen molar-refractivity contribution < 1.29 is 9.59 Å².